The number of sulfone groups is 1. The van der Waals surface area contributed by atoms with Gasteiger partial charge in [0.05, 0.1) is 10.8 Å². The molecule has 9 heteroatoms. The van der Waals surface area contributed by atoms with Gasteiger partial charge in [-0.25, -0.2) is 8.42 Å². The molecule has 1 aliphatic heterocycles. The molecule has 22 heavy (non-hydrogen) atoms. The van der Waals surface area contributed by atoms with E-state index in [1.165, 1.54) is 29.2 Å². The van der Waals surface area contributed by atoms with Gasteiger partial charge in [0.2, 0.25) is 5.91 Å². The van der Waals surface area contributed by atoms with Gasteiger partial charge in [-0.2, -0.15) is 0 Å². The number of carbonyl (C=O) groups is 2. The van der Waals surface area contributed by atoms with Gasteiger partial charge in [-0.15, -0.1) is 12.4 Å². The zero-order valence-electron chi connectivity index (χ0n) is 11.4. The molecule has 1 amide bonds. The number of nitrogens with zero attached hydrogens (tertiary/aromatic N) is 1. The Morgan fingerprint density at radius 2 is 1.86 bits per heavy atom. The van der Waals surface area contributed by atoms with Crippen LogP contribution < -0.4 is 0 Å². The second kappa shape index (κ2) is 7.30. The molecule has 1 fully saturated rings. The fourth-order valence-corrected chi connectivity index (χ4v) is 3.52. The van der Waals surface area contributed by atoms with Crippen LogP contribution in [-0.2, 0) is 19.4 Å². The van der Waals surface area contributed by atoms with Crippen LogP contribution in [0, 0.1) is 5.92 Å². The standard InChI is InChI=1S/C13H14ClNO5S.ClH/c14-10-1-3-11(4-2-10)21(19,20)8-12(16)15-6-5-9(7-15)13(17)18;/h1-4,9H,5-8H2,(H,17,18);1H. The van der Waals surface area contributed by atoms with Gasteiger partial charge >= 0.3 is 5.97 Å². The Kier molecular flexibility index (Phi) is 6.22. The number of carboxylic acids is 1. The van der Waals surface area contributed by atoms with Crippen LogP contribution in [0.4, 0.5) is 0 Å². The maximum absolute atomic E-state index is 12.1. The normalized spacial score (nSPS) is 17.9. The van der Waals surface area contributed by atoms with Crippen molar-refractivity contribution in [1.29, 1.82) is 0 Å². The van der Waals surface area contributed by atoms with Crippen molar-refractivity contribution in [2.45, 2.75) is 11.3 Å². The average Bonchev–Trinajstić information content (AvgIpc) is 2.88. The summed E-state index contributed by atoms with van der Waals surface area (Å²) in [5.74, 6) is -2.83. The van der Waals surface area contributed by atoms with Crippen molar-refractivity contribution < 1.29 is 23.1 Å². The molecule has 1 aromatic rings. The average molecular weight is 368 g/mol. The number of hydrogen-bond donors (Lipinski definition) is 1. The molecule has 0 radical (unpaired) electrons. The predicted octanol–water partition coefficient (Wildman–Crippen LogP) is 1.47. The molecule has 0 aliphatic carbocycles. The van der Waals surface area contributed by atoms with E-state index in [0.717, 1.165) is 0 Å². The number of aliphatic carboxylic acids is 1. The number of halogens is 2. The molecule has 0 saturated carbocycles. The smallest absolute Gasteiger partial charge is 0.308 e. The molecule has 1 aliphatic rings. The monoisotopic (exact) mass is 367 g/mol. The molecule has 1 N–H and O–H groups in total. The van der Waals surface area contributed by atoms with E-state index >= 15 is 0 Å². The van der Waals surface area contributed by atoms with Crippen molar-refractivity contribution in [2.75, 3.05) is 18.8 Å². The van der Waals surface area contributed by atoms with Crippen molar-refractivity contribution in [1.82, 2.24) is 4.90 Å². The molecule has 6 nitrogen and oxygen atoms in total. The first-order chi connectivity index (χ1) is 9.79. The Bertz CT molecular complexity index is 660. The maximum atomic E-state index is 12.1. The lowest BCUT2D eigenvalue weighted by Gasteiger charge is -2.15. The Balaban J connectivity index is 0.00000242. The molecule has 0 bridgehead atoms. The summed E-state index contributed by atoms with van der Waals surface area (Å²) >= 11 is 5.69. The van der Waals surface area contributed by atoms with E-state index < -0.39 is 33.4 Å². The molecule has 122 valence electrons. The lowest BCUT2D eigenvalue weighted by atomic mass is 10.1. The summed E-state index contributed by atoms with van der Waals surface area (Å²) in [4.78, 5) is 24.1. The third-order valence-electron chi connectivity index (χ3n) is 3.38. The van der Waals surface area contributed by atoms with Crippen LogP contribution in [0.25, 0.3) is 0 Å². The Morgan fingerprint density at radius 3 is 2.36 bits per heavy atom. The summed E-state index contributed by atoms with van der Waals surface area (Å²) < 4.78 is 24.2. The van der Waals surface area contributed by atoms with Crippen molar-refractivity contribution >= 4 is 45.7 Å². The number of hydrogen-bond acceptors (Lipinski definition) is 4. The van der Waals surface area contributed by atoms with E-state index in [-0.39, 0.29) is 30.4 Å². The van der Waals surface area contributed by atoms with Crippen molar-refractivity contribution in [3.63, 3.8) is 0 Å². The van der Waals surface area contributed by atoms with E-state index in [2.05, 4.69) is 0 Å². The van der Waals surface area contributed by atoms with Crippen LogP contribution in [0.1, 0.15) is 6.42 Å². The number of carboxylic acid groups (broad SMARTS) is 1. The summed E-state index contributed by atoms with van der Waals surface area (Å²) in [6, 6.07) is 5.56. The maximum Gasteiger partial charge on any atom is 0.308 e. The van der Waals surface area contributed by atoms with Crippen LogP contribution >= 0.6 is 24.0 Å². The second-order valence-electron chi connectivity index (χ2n) is 4.88. The minimum Gasteiger partial charge on any atom is -0.481 e. The van der Waals surface area contributed by atoms with E-state index in [9.17, 15) is 18.0 Å². The number of rotatable bonds is 4. The fourth-order valence-electron chi connectivity index (χ4n) is 2.17. The molecule has 1 atom stereocenters. The van der Waals surface area contributed by atoms with E-state index in [1.54, 1.807) is 0 Å². The minimum atomic E-state index is -3.75. The van der Waals surface area contributed by atoms with Gasteiger partial charge in [0.25, 0.3) is 0 Å². The van der Waals surface area contributed by atoms with E-state index in [4.69, 9.17) is 16.7 Å². The third kappa shape index (κ3) is 4.34. The lowest BCUT2D eigenvalue weighted by molar-refractivity contribution is -0.141. The first kappa shape index (κ1) is 18.7. The summed E-state index contributed by atoms with van der Waals surface area (Å²) in [5, 5.41) is 9.29. The van der Waals surface area contributed by atoms with E-state index in [0.29, 0.717) is 11.4 Å². The highest BCUT2D eigenvalue weighted by Gasteiger charge is 2.32. The highest BCUT2D eigenvalue weighted by Crippen LogP contribution is 2.19. The van der Waals surface area contributed by atoms with Gasteiger partial charge in [-0.1, -0.05) is 11.6 Å². The molecule has 1 unspecified atom stereocenters. The summed E-state index contributed by atoms with van der Waals surface area (Å²) in [6.45, 7) is 0.330. The lowest BCUT2D eigenvalue weighted by Crippen LogP contribution is -2.34. The highest BCUT2D eigenvalue weighted by molar-refractivity contribution is 7.92. The van der Waals surface area contributed by atoms with Gasteiger partial charge in [-0.3, -0.25) is 9.59 Å². The van der Waals surface area contributed by atoms with Crippen molar-refractivity contribution in [2.24, 2.45) is 5.92 Å². The molecule has 0 spiro atoms. The van der Waals surface area contributed by atoms with Gasteiger partial charge in [-0.05, 0) is 30.7 Å². The number of carbonyl (C=O) groups excluding carboxylic acids is 1. The molecule has 2 rings (SSSR count). The second-order valence-corrected chi connectivity index (χ2v) is 7.30. The number of amides is 1. The Morgan fingerprint density at radius 1 is 1.27 bits per heavy atom. The third-order valence-corrected chi connectivity index (χ3v) is 5.25. The first-order valence-corrected chi connectivity index (χ1v) is 8.31. The van der Waals surface area contributed by atoms with Gasteiger partial charge in [0.15, 0.2) is 9.84 Å². The van der Waals surface area contributed by atoms with Crippen LogP contribution in [0.5, 0.6) is 0 Å². The van der Waals surface area contributed by atoms with Crippen LogP contribution in [0.3, 0.4) is 0 Å². The molecule has 1 heterocycles. The molecule has 1 saturated heterocycles. The Labute approximate surface area is 139 Å². The summed E-state index contributed by atoms with van der Waals surface area (Å²) in [7, 11) is -3.75. The zero-order chi connectivity index (χ0) is 15.6. The largest absolute Gasteiger partial charge is 0.481 e. The highest BCUT2D eigenvalue weighted by atomic mass is 35.5. The number of benzene rings is 1. The molecular weight excluding hydrogens is 353 g/mol. The van der Waals surface area contributed by atoms with Crippen LogP contribution in [-0.4, -0.2) is 49.1 Å². The van der Waals surface area contributed by atoms with Gasteiger partial charge in [0.1, 0.15) is 5.75 Å². The van der Waals surface area contributed by atoms with Crippen molar-refractivity contribution in [3.8, 4) is 0 Å². The fraction of sp³-hybridized carbons (Fsp3) is 0.385. The first-order valence-electron chi connectivity index (χ1n) is 6.28. The topological polar surface area (TPSA) is 91.8 Å². The SMILES string of the molecule is Cl.O=C(O)C1CCN(C(=O)CS(=O)(=O)c2ccc(Cl)cc2)C1. The van der Waals surface area contributed by atoms with Crippen molar-refractivity contribution in [3.05, 3.63) is 29.3 Å². The van der Waals surface area contributed by atoms with Crippen LogP contribution in [0.2, 0.25) is 5.02 Å². The quantitative estimate of drug-likeness (QED) is 0.869. The minimum absolute atomic E-state index is 0. The predicted molar refractivity (Wildman–Crippen MR) is 83.1 cm³/mol. The Hall–Kier alpha value is -1.31. The molecule has 1 aromatic carbocycles. The van der Waals surface area contributed by atoms with E-state index in [1.807, 2.05) is 0 Å². The zero-order valence-corrected chi connectivity index (χ0v) is 13.8. The summed E-state index contributed by atoms with van der Waals surface area (Å²) in [5.41, 5.74) is 0. The molecule has 0 aromatic heterocycles. The van der Waals surface area contributed by atoms with Gasteiger partial charge in [0, 0.05) is 18.1 Å². The molecular formula is C13H15Cl2NO5S. The van der Waals surface area contributed by atoms with Gasteiger partial charge < -0.3 is 10.0 Å². The van der Waals surface area contributed by atoms with Crippen LogP contribution in [0.15, 0.2) is 29.2 Å². The summed E-state index contributed by atoms with van der Waals surface area (Å²) in [6.07, 6.45) is 0.349. The number of likely N-dealkylation sites (tertiary alicyclic amines) is 1.